The van der Waals surface area contributed by atoms with Gasteiger partial charge in [0.2, 0.25) is 0 Å². The molecule has 1 aromatic carbocycles. The van der Waals surface area contributed by atoms with Crippen LogP contribution in [-0.2, 0) is 0 Å². The van der Waals surface area contributed by atoms with Gasteiger partial charge in [0, 0.05) is 5.56 Å². The minimum absolute atomic E-state index is 0.00741. The van der Waals surface area contributed by atoms with E-state index >= 15 is 0 Å². The fourth-order valence-electron chi connectivity index (χ4n) is 1.74. The molecule has 0 amide bonds. The van der Waals surface area contributed by atoms with E-state index < -0.39 is 12.1 Å². The lowest BCUT2D eigenvalue weighted by molar-refractivity contribution is 0.0687. The number of aliphatic hydroxyl groups is 1. The fourth-order valence-corrected chi connectivity index (χ4v) is 1.74. The average Bonchev–Trinajstić information content (AvgIpc) is 2.87. The van der Waals surface area contributed by atoms with Gasteiger partial charge in [-0.25, -0.2) is 4.79 Å². The maximum atomic E-state index is 11.0. The number of rotatable bonds is 4. The van der Waals surface area contributed by atoms with Gasteiger partial charge in [-0.05, 0) is 12.1 Å². The zero-order valence-electron chi connectivity index (χ0n) is 9.66. The fraction of sp³-hybridized carbons (Fsp3) is 0.154. The third-order valence-corrected chi connectivity index (χ3v) is 2.61. The molecule has 0 aliphatic heterocycles. The number of furan rings is 1. The number of carboxylic acid groups (broad SMARTS) is 1. The van der Waals surface area contributed by atoms with Crippen LogP contribution in [0.1, 0.15) is 27.8 Å². The minimum atomic E-state index is -1.18. The van der Waals surface area contributed by atoms with Crippen molar-refractivity contribution in [2.24, 2.45) is 0 Å². The van der Waals surface area contributed by atoms with Crippen LogP contribution >= 0.6 is 0 Å². The summed E-state index contributed by atoms with van der Waals surface area (Å²) in [5.74, 6) is -0.683. The molecule has 0 bridgehead atoms. The number of hydrogen-bond donors (Lipinski definition) is 2. The van der Waals surface area contributed by atoms with Gasteiger partial charge >= 0.3 is 5.97 Å². The second-order valence-corrected chi connectivity index (χ2v) is 3.65. The van der Waals surface area contributed by atoms with E-state index in [4.69, 9.17) is 14.3 Å². The molecule has 0 saturated carbocycles. The van der Waals surface area contributed by atoms with Gasteiger partial charge < -0.3 is 19.4 Å². The molecule has 0 aliphatic rings. The summed E-state index contributed by atoms with van der Waals surface area (Å²) in [6, 6.07) is 8.12. The molecular formula is C13H12O5. The Bertz CT molecular complexity index is 558. The van der Waals surface area contributed by atoms with Gasteiger partial charge in [-0.15, -0.1) is 0 Å². The van der Waals surface area contributed by atoms with E-state index in [0.717, 1.165) is 0 Å². The molecule has 5 nitrogen and oxygen atoms in total. The molecular weight excluding hydrogens is 236 g/mol. The Hall–Kier alpha value is -2.27. The third kappa shape index (κ3) is 2.08. The van der Waals surface area contributed by atoms with Crippen LogP contribution in [0.4, 0.5) is 0 Å². The molecule has 0 radical (unpaired) electrons. The van der Waals surface area contributed by atoms with Gasteiger partial charge in [-0.3, -0.25) is 0 Å². The van der Waals surface area contributed by atoms with E-state index in [-0.39, 0.29) is 11.3 Å². The highest BCUT2D eigenvalue weighted by molar-refractivity contribution is 5.89. The Balaban J connectivity index is 2.44. The maximum absolute atomic E-state index is 11.0. The summed E-state index contributed by atoms with van der Waals surface area (Å²) >= 11 is 0. The first kappa shape index (κ1) is 12.2. The van der Waals surface area contributed by atoms with E-state index in [1.165, 1.54) is 19.4 Å². The quantitative estimate of drug-likeness (QED) is 0.865. The largest absolute Gasteiger partial charge is 0.496 e. The van der Waals surface area contributed by atoms with Gasteiger partial charge in [0.25, 0.3) is 0 Å². The van der Waals surface area contributed by atoms with Gasteiger partial charge in [-0.1, -0.05) is 18.2 Å². The van der Waals surface area contributed by atoms with Crippen molar-refractivity contribution in [2.75, 3.05) is 7.11 Å². The summed E-state index contributed by atoms with van der Waals surface area (Å²) in [6.07, 6.45) is 0.0551. The molecule has 0 fully saturated rings. The standard InChI is InChI=1S/C13H12O5/c1-17-10-5-3-2-4-8(10)11(14)12-9(13(15)16)6-7-18-12/h2-7,11,14H,1H3,(H,15,16). The molecule has 1 unspecified atom stereocenters. The molecule has 94 valence electrons. The first-order valence-corrected chi connectivity index (χ1v) is 5.26. The van der Waals surface area contributed by atoms with Crippen molar-refractivity contribution in [1.29, 1.82) is 0 Å². The smallest absolute Gasteiger partial charge is 0.339 e. The Kier molecular flexibility index (Phi) is 3.34. The van der Waals surface area contributed by atoms with Crippen LogP contribution in [0.15, 0.2) is 41.0 Å². The molecule has 1 aromatic heterocycles. The highest BCUT2D eigenvalue weighted by Gasteiger charge is 2.24. The van der Waals surface area contributed by atoms with Crippen LogP contribution in [0.25, 0.3) is 0 Å². The van der Waals surface area contributed by atoms with Crippen LogP contribution in [0, 0.1) is 0 Å². The topological polar surface area (TPSA) is 79.9 Å². The highest BCUT2D eigenvalue weighted by atomic mass is 16.5. The molecule has 0 aliphatic carbocycles. The Morgan fingerprint density at radius 3 is 2.72 bits per heavy atom. The van der Waals surface area contributed by atoms with Gasteiger partial charge in [0.05, 0.1) is 13.4 Å². The van der Waals surface area contributed by atoms with Crippen LogP contribution in [-0.4, -0.2) is 23.3 Å². The van der Waals surface area contributed by atoms with E-state index in [1.807, 2.05) is 0 Å². The van der Waals surface area contributed by atoms with Crippen molar-refractivity contribution < 1.29 is 24.2 Å². The molecule has 18 heavy (non-hydrogen) atoms. The van der Waals surface area contributed by atoms with Crippen molar-refractivity contribution in [1.82, 2.24) is 0 Å². The van der Waals surface area contributed by atoms with Gasteiger partial charge in [-0.2, -0.15) is 0 Å². The second-order valence-electron chi connectivity index (χ2n) is 3.65. The highest BCUT2D eigenvalue weighted by Crippen LogP contribution is 2.31. The number of carboxylic acids is 1. The normalized spacial score (nSPS) is 12.1. The van der Waals surface area contributed by atoms with Crippen LogP contribution in [0.5, 0.6) is 5.75 Å². The maximum Gasteiger partial charge on any atom is 0.339 e. The molecule has 0 saturated heterocycles. The zero-order valence-corrected chi connectivity index (χ0v) is 9.66. The van der Waals surface area contributed by atoms with E-state index in [9.17, 15) is 9.90 Å². The van der Waals surface area contributed by atoms with E-state index in [1.54, 1.807) is 24.3 Å². The van der Waals surface area contributed by atoms with Crippen molar-refractivity contribution in [3.8, 4) is 5.75 Å². The summed E-state index contributed by atoms with van der Waals surface area (Å²) < 4.78 is 10.2. The molecule has 0 spiro atoms. The Morgan fingerprint density at radius 2 is 2.06 bits per heavy atom. The van der Waals surface area contributed by atoms with Crippen molar-refractivity contribution in [3.63, 3.8) is 0 Å². The Morgan fingerprint density at radius 1 is 1.33 bits per heavy atom. The molecule has 2 N–H and O–H groups in total. The number of para-hydroxylation sites is 1. The number of ether oxygens (including phenoxy) is 1. The monoisotopic (exact) mass is 248 g/mol. The summed E-state index contributed by atoms with van der Waals surface area (Å²) in [5, 5.41) is 19.2. The second kappa shape index (κ2) is 4.93. The molecule has 5 heteroatoms. The predicted molar refractivity (Wildman–Crippen MR) is 62.7 cm³/mol. The molecule has 2 rings (SSSR count). The van der Waals surface area contributed by atoms with Gasteiger partial charge in [0.1, 0.15) is 17.4 Å². The van der Waals surface area contributed by atoms with Crippen LogP contribution in [0.3, 0.4) is 0 Å². The number of carbonyl (C=O) groups is 1. The van der Waals surface area contributed by atoms with Crippen molar-refractivity contribution >= 4 is 5.97 Å². The number of benzene rings is 1. The first-order chi connectivity index (χ1) is 8.65. The Labute approximate surface area is 103 Å². The average molecular weight is 248 g/mol. The van der Waals surface area contributed by atoms with E-state index in [2.05, 4.69) is 0 Å². The molecule has 2 aromatic rings. The number of aromatic carboxylic acids is 1. The summed E-state index contributed by atoms with van der Waals surface area (Å²) in [4.78, 5) is 11.0. The number of aliphatic hydroxyl groups excluding tert-OH is 1. The lowest BCUT2D eigenvalue weighted by Gasteiger charge is -2.13. The first-order valence-electron chi connectivity index (χ1n) is 5.26. The van der Waals surface area contributed by atoms with E-state index in [0.29, 0.717) is 11.3 Å². The van der Waals surface area contributed by atoms with Crippen LogP contribution < -0.4 is 4.74 Å². The lowest BCUT2D eigenvalue weighted by atomic mass is 10.0. The zero-order chi connectivity index (χ0) is 13.1. The number of hydrogen-bond acceptors (Lipinski definition) is 4. The minimum Gasteiger partial charge on any atom is -0.496 e. The third-order valence-electron chi connectivity index (χ3n) is 2.61. The molecule has 1 heterocycles. The lowest BCUT2D eigenvalue weighted by Crippen LogP contribution is -2.06. The number of methoxy groups -OCH3 is 1. The molecule has 1 atom stereocenters. The van der Waals surface area contributed by atoms with Crippen molar-refractivity contribution in [2.45, 2.75) is 6.10 Å². The summed E-state index contributed by atoms with van der Waals surface area (Å²) in [7, 11) is 1.48. The van der Waals surface area contributed by atoms with Crippen LogP contribution in [0.2, 0.25) is 0 Å². The van der Waals surface area contributed by atoms with Gasteiger partial charge in [0.15, 0.2) is 5.76 Å². The van der Waals surface area contributed by atoms with Crippen molar-refractivity contribution in [3.05, 3.63) is 53.5 Å². The predicted octanol–water partition coefficient (Wildman–Crippen LogP) is 2.07. The SMILES string of the molecule is COc1ccccc1C(O)c1occc1C(=O)O. The summed E-state index contributed by atoms with van der Waals surface area (Å²) in [5.41, 5.74) is 0.394. The summed E-state index contributed by atoms with van der Waals surface area (Å²) in [6.45, 7) is 0.